The normalized spacial score (nSPS) is 23.4. The van der Waals surface area contributed by atoms with Gasteiger partial charge in [0.2, 0.25) is 0 Å². The summed E-state index contributed by atoms with van der Waals surface area (Å²) in [5.41, 5.74) is 5.49. The smallest absolute Gasteiger partial charge is 0.183 e. The van der Waals surface area contributed by atoms with Crippen LogP contribution in [0.4, 0.5) is 0 Å². The Bertz CT molecular complexity index is 843. The maximum Gasteiger partial charge on any atom is 0.183 e. The predicted molar refractivity (Wildman–Crippen MR) is 137 cm³/mol. The van der Waals surface area contributed by atoms with Crippen LogP contribution in [0, 0.1) is 5.92 Å². The average molecular weight is 432 g/mol. The summed E-state index contributed by atoms with van der Waals surface area (Å²) in [6.45, 7) is 6.08. The molecule has 0 saturated heterocycles. The quantitative estimate of drug-likeness (QED) is 0.365. The molecule has 1 aliphatic heterocycles. The zero-order valence-electron chi connectivity index (χ0n) is 20.2. The number of ether oxygens (including phenoxy) is 1. The molecule has 2 aromatic carbocycles. The summed E-state index contributed by atoms with van der Waals surface area (Å²) in [7, 11) is 0. The molecule has 2 nitrogen and oxygen atoms in total. The van der Waals surface area contributed by atoms with Gasteiger partial charge in [0.25, 0.3) is 0 Å². The lowest BCUT2D eigenvalue weighted by Crippen LogP contribution is -2.21. The number of rotatable bonds is 9. The van der Waals surface area contributed by atoms with Gasteiger partial charge in [0.15, 0.2) is 5.90 Å². The van der Waals surface area contributed by atoms with Gasteiger partial charge in [-0.15, -0.1) is 0 Å². The van der Waals surface area contributed by atoms with E-state index in [9.17, 15) is 0 Å². The summed E-state index contributed by atoms with van der Waals surface area (Å²) < 4.78 is 5.85. The van der Waals surface area contributed by atoms with Gasteiger partial charge < -0.3 is 4.74 Å². The van der Waals surface area contributed by atoms with Crippen LogP contribution in [0.3, 0.4) is 0 Å². The minimum Gasteiger partial charge on any atom is -0.480 e. The molecule has 0 radical (unpaired) electrons. The number of aliphatic imine (C=N–C) groups is 1. The van der Waals surface area contributed by atoms with E-state index >= 15 is 0 Å². The van der Waals surface area contributed by atoms with Crippen molar-refractivity contribution in [2.45, 2.75) is 89.9 Å². The highest BCUT2D eigenvalue weighted by Crippen LogP contribution is 2.38. The molecule has 0 spiro atoms. The molecule has 0 N–H and O–H groups in total. The van der Waals surface area contributed by atoms with Crippen molar-refractivity contribution in [3.8, 4) is 11.1 Å². The Morgan fingerprint density at radius 1 is 0.750 bits per heavy atom. The van der Waals surface area contributed by atoms with Crippen molar-refractivity contribution in [2.24, 2.45) is 10.9 Å². The van der Waals surface area contributed by atoms with Gasteiger partial charge in [-0.05, 0) is 66.2 Å². The van der Waals surface area contributed by atoms with Crippen LogP contribution in [0.15, 0.2) is 53.5 Å². The van der Waals surface area contributed by atoms with Crippen LogP contribution in [-0.2, 0) is 4.74 Å². The second-order valence-corrected chi connectivity index (χ2v) is 9.95. The molecule has 1 atom stereocenters. The van der Waals surface area contributed by atoms with Crippen LogP contribution in [0.5, 0.6) is 0 Å². The van der Waals surface area contributed by atoms with Crippen LogP contribution < -0.4 is 0 Å². The predicted octanol–water partition coefficient (Wildman–Crippen LogP) is 8.52. The summed E-state index contributed by atoms with van der Waals surface area (Å²) in [5.74, 6) is 3.06. The van der Waals surface area contributed by atoms with Crippen molar-refractivity contribution in [3.05, 3.63) is 59.7 Å². The first-order valence-corrected chi connectivity index (χ1v) is 13.1. The van der Waals surface area contributed by atoms with Crippen molar-refractivity contribution in [2.75, 3.05) is 13.2 Å². The first-order valence-electron chi connectivity index (χ1n) is 13.1. The van der Waals surface area contributed by atoms with E-state index in [2.05, 4.69) is 67.4 Å². The van der Waals surface area contributed by atoms with Gasteiger partial charge in [0.05, 0.1) is 13.2 Å². The first kappa shape index (κ1) is 23.1. The van der Waals surface area contributed by atoms with Crippen molar-refractivity contribution in [1.82, 2.24) is 0 Å². The lowest BCUT2D eigenvalue weighted by Gasteiger charge is -2.29. The third kappa shape index (κ3) is 6.03. The molecular weight excluding hydrogens is 390 g/mol. The van der Waals surface area contributed by atoms with Crippen LogP contribution in [0.1, 0.15) is 101 Å². The van der Waals surface area contributed by atoms with E-state index < -0.39 is 0 Å². The highest BCUT2D eigenvalue weighted by Gasteiger charge is 2.22. The van der Waals surface area contributed by atoms with Crippen molar-refractivity contribution in [3.63, 3.8) is 0 Å². The number of nitrogens with zero attached hydrogens (tertiary/aromatic N) is 1. The minimum absolute atomic E-state index is 0.379. The molecule has 0 bridgehead atoms. The Kier molecular flexibility index (Phi) is 8.42. The zero-order valence-corrected chi connectivity index (χ0v) is 20.2. The highest BCUT2D eigenvalue weighted by molar-refractivity contribution is 5.76. The highest BCUT2D eigenvalue weighted by atomic mass is 16.5. The van der Waals surface area contributed by atoms with Crippen LogP contribution in [-0.4, -0.2) is 19.0 Å². The van der Waals surface area contributed by atoms with E-state index in [1.54, 1.807) is 0 Å². The van der Waals surface area contributed by atoms with E-state index in [-0.39, 0.29) is 0 Å². The summed E-state index contributed by atoms with van der Waals surface area (Å²) in [6, 6.07) is 18.4. The molecular formula is C30H41NO. The van der Waals surface area contributed by atoms with Crippen molar-refractivity contribution in [1.29, 1.82) is 0 Å². The molecule has 172 valence electrons. The maximum absolute atomic E-state index is 5.85. The second-order valence-electron chi connectivity index (χ2n) is 9.95. The molecule has 1 unspecified atom stereocenters. The van der Waals surface area contributed by atoms with Gasteiger partial charge in [-0.1, -0.05) is 88.1 Å². The fourth-order valence-electron chi connectivity index (χ4n) is 5.44. The molecule has 0 amide bonds. The molecule has 1 heterocycles. The Morgan fingerprint density at radius 3 is 1.91 bits per heavy atom. The molecule has 2 heteroatoms. The molecule has 0 aromatic heterocycles. The van der Waals surface area contributed by atoms with Crippen molar-refractivity contribution >= 4 is 5.90 Å². The average Bonchev–Trinajstić information content (AvgIpc) is 2.86. The minimum atomic E-state index is 0.379. The number of hydrogen-bond acceptors (Lipinski definition) is 2. The van der Waals surface area contributed by atoms with Crippen LogP contribution in [0.2, 0.25) is 0 Å². The lowest BCUT2D eigenvalue weighted by molar-refractivity contribution is 0.250. The van der Waals surface area contributed by atoms with Gasteiger partial charge >= 0.3 is 0 Å². The van der Waals surface area contributed by atoms with E-state index in [1.807, 2.05) is 0 Å². The molecule has 1 aliphatic carbocycles. The second kappa shape index (κ2) is 11.7. The summed E-state index contributed by atoms with van der Waals surface area (Å²) in [4.78, 5) is 4.63. The number of unbranched alkanes of at least 4 members (excludes halogenated alkanes) is 2. The SMILES string of the molecule is CCCCCC1CCC(c2ccc(-c3ccc(C4CN=C(CCC)OC4)cc3)cc2)CC1. The topological polar surface area (TPSA) is 21.6 Å². The monoisotopic (exact) mass is 431 g/mol. The van der Waals surface area contributed by atoms with Gasteiger partial charge in [0, 0.05) is 12.3 Å². The van der Waals surface area contributed by atoms with Crippen LogP contribution in [0.25, 0.3) is 11.1 Å². The van der Waals surface area contributed by atoms with Crippen LogP contribution >= 0.6 is 0 Å². The maximum atomic E-state index is 5.85. The standard InChI is InChI=1S/C30H41NO/c1-3-5-6-8-23-9-11-24(12-10-23)25-13-15-26(16-14-25)27-17-19-28(20-18-27)29-21-31-30(7-4-2)32-22-29/h13-20,23-24,29H,3-12,21-22H2,1-2H3. The first-order chi connectivity index (χ1) is 15.8. The largest absolute Gasteiger partial charge is 0.480 e. The van der Waals surface area contributed by atoms with Gasteiger partial charge in [0.1, 0.15) is 0 Å². The Morgan fingerprint density at radius 2 is 1.38 bits per heavy atom. The zero-order chi connectivity index (χ0) is 22.2. The summed E-state index contributed by atoms with van der Waals surface area (Å²) >= 11 is 0. The molecule has 2 aromatic rings. The Labute approximate surface area is 195 Å². The fraction of sp³-hybridized carbons (Fsp3) is 0.567. The summed E-state index contributed by atoms with van der Waals surface area (Å²) in [6.07, 6.45) is 13.3. The van der Waals surface area contributed by atoms with E-state index in [4.69, 9.17) is 4.74 Å². The van der Waals surface area contributed by atoms with Gasteiger partial charge in [-0.25, -0.2) is 0 Å². The lowest BCUT2D eigenvalue weighted by atomic mass is 9.77. The molecule has 1 saturated carbocycles. The van der Waals surface area contributed by atoms with Crippen molar-refractivity contribution < 1.29 is 4.74 Å². The third-order valence-corrected chi connectivity index (χ3v) is 7.56. The van der Waals surface area contributed by atoms with Gasteiger partial charge in [-0.2, -0.15) is 0 Å². The molecule has 2 aliphatic rings. The third-order valence-electron chi connectivity index (χ3n) is 7.56. The Hall–Kier alpha value is -2.09. The van der Waals surface area contributed by atoms with E-state index in [0.29, 0.717) is 5.92 Å². The van der Waals surface area contributed by atoms with E-state index in [0.717, 1.165) is 43.7 Å². The molecule has 1 fully saturated rings. The summed E-state index contributed by atoms with van der Waals surface area (Å²) in [5, 5.41) is 0. The number of benzene rings is 2. The van der Waals surface area contributed by atoms with Gasteiger partial charge in [-0.3, -0.25) is 4.99 Å². The number of hydrogen-bond donors (Lipinski definition) is 0. The molecule has 4 rings (SSSR count). The fourth-order valence-corrected chi connectivity index (χ4v) is 5.44. The Balaban J connectivity index is 1.31. The van der Waals surface area contributed by atoms with E-state index in [1.165, 1.54) is 73.6 Å². The molecule has 32 heavy (non-hydrogen) atoms.